The van der Waals surface area contributed by atoms with Gasteiger partial charge in [-0.25, -0.2) is 4.79 Å². The first-order valence-corrected chi connectivity index (χ1v) is 8.28. The Morgan fingerprint density at radius 2 is 1.80 bits per heavy atom. The lowest BCUT2D eigenvalue weighted by Gasteiger charge is -2.26. The van der Waals surface area contributed by atoms with Gasteiger partial charge in [0, 0.05) is 26.3 Å². The van der Waals surface area contributed by atoms with E-state index in [1.807, 2.05) is 67.5 Å². The van der Waals surface area contributed by atoms with Crippen LogP contribution in [0.2, 0.25) is 0 Å². The van der Waals surface area contributed by atoms with E-state index in [4.69, 9.17) is 9.47 Å². The predicted molar refractivity (Wildman–Crippen MR) is 97.4 cm³/mol. The molecular weight excluding hydrogens is 318 g/mol. The molecule has 0 radical (unpaired) electrons. The van der Waals surface area contributed by atoms with Crippen LogP contribution in [0.3, 0.4) is 0 Å². The second-order valence-electron chi connectivity index (χ2n) is 6.12. The van der Waals surface area contributed by atoms with Crippen molar-refractivity contribution in [2.45, 2.75) is 12.6 Å². The summed E-state index contributed by atoms with van der Waals surface area (Å²) in [5.74, 6) is 1.45. The highest BCUT2D eigenvalue weighted by Crippen LogP contribution is 2.30. The fourth-order valence-corrected chi connectivity index (χ4v) is 2.53. The van der Waals surface area contributed by atoms with Crippen LogP contribution in [0.5, 0.6) is 11.5 Å². The lowest BCUT2D eigenvalue weighted by molar-refractivity contribution is 0.0918. The van der Waals surface area contributed by atoms with Gasteiger partial charge in [-0.3, -0.25) is 0 Å². The fourth-order valence-electron chi connectivity index (χ4n) is 2.53. The zero-order valence-corrected chi connectivity index (χ0v) is 14.5. The van der Waals surface area contributed by atoms with Crippen LogP contribution in [0.1, 0.15) is 5.56 Å². The number of amides is 2. The smallest absolute Gasteiger partial charge is 0.315 e. The largest absolute Gasteiger partial charge is 0.486 e. The first-order valence-electron chi connectivity index (χ1n) is 8.28. The maximum atomic E-state index is 12.0. The Kier molecular flexibility index (Phi) is 5.28. The molecule has 6 nitrogen and oxygen atoms in total. The lowest BCUT2D eigenvalue weighted by Crippen LogP contribution is -2.44. The van der Waals surface area contributed by atoms with E-state index in [-0.39, 0.29) is 12.1 Å². The second-order valence-corrected chi connectivity index (χ2v) is 6.12. The zero-order valence-electron chi connectivity index (χ0n) is 14.5. The molecule has 1 aliphatic heterocycles. The number of carbonyl (C=O) groups excluding carboxylic acids is 1. The summed E-state index contributed by atoms with van der Waals surface area (Å²) in [4.78, 5) is 14.0. The summed E-state index contributed by atoms with van der Waals surface area (Å²) < 4.78 is 11.4. The molecule has 3 rings (SSSR count). The van der Waals surface area contributed by atoms with Crippen LogP contribution < -0.4 is 25.0 Å². The summed E-state index contributed by atoms with van der Waals surface area (Å²) in [7, 11) is 3.99. The average molecular weight is 341 g/mol. The van der Waals surface area contributed by atoms with Gasteiger partial charge in [-0.05, 0) is 29.8 Å². The highest BCUT2D eigenvalue weighted by atomic mass is 16.6. The molecular formula is C19H23N3O3. The van der Waals surface area contributed by atoms with Crippen LogP contribution in [-0.4, -0.2) is 39.4 Å². The topological polar surface area (TPSA) is 62.8 Å². The number of hydrogen-bond acceptors (Lipinski definition) is 4. The highest BCUT2D eigenvalue weighted by Gasteiger charge is 2.20. The van der Waals surface area contributed by atoms with Crippen molar-refractivity contribution in [3.8, 4) is 11.5 Å². The SMILES string of the molecule is CN(C)c1ccc(CNC(=O)NC[C@@H]2COc3ccccc3O2)cc1. The van der Waals surface area contributed by atoms with E-state index in [1.165, 1.54) is 0 Å². The maximum absolute atomic E-state index is 12.0. The Bertz CT molecular complexity index is 716. The van der Waals surface area contributed by atoms with Crippen LogP contribution in [-0.2, 0) is 6.54 Å². The molecule has 0 aromatic heterocycles. The summed E-state index contributed by atoms with van der Waals surface area (Å²) in [6.45, 7) is 1.29. The summed E-state index contributed by atoms with van der Waals surface area (Å²) in [5, 5.41) is 5.67. The first-order chi connectivity index (χ1) is 12.1. The zero-order chi connectivity index (χ0) is 17.6. The van der Waals surface area contributed by atoms with Crippen LogP contribution >= 0.6 is 0 Å². The molecule has 0 saturated carbocycles. The van der Waals surface area contributed by atoms with Crippen molar-refractivity contribution in [3.05, 3.63) is 54.1 Å². The minimum absolute atomic E-state index is 0.194. The Labute approximate surface area is 147 Å². The molecule has 2 aromatic rings. The van der Waals surface area contributed by atoms with E-state index in [2.05, 4.69) is 10.6 Å². The highest BCUT2D eigenvalue weighted by molar-refractivity contribution is 5.73. The fraction of sp³-hybridized carbons (Fsp3) is 0.316. The molecule has 2 amide bonds. The summed E-state index contributed by atoms with van der Waals surface area (Å²) in [5.41, 5.74) is 2.18. The number of nitrogens with zero attached hydrogens (tertiary/aromatic N) is 1. The number of hydrogen-bond donors (Lipinski definition) is 2. The normalized spacial score (nSPS) is 15.4. The van der Waals surface area contributed by atoms with E-state index in [9.17, 15) is 4.79 Å². The molecule has 1 atom stereocenters. The molecule has 132 valence electrons. The van der Waals surface area contributed by atoms with Gasteiger partial charge < -0.3 is 25.0 Å². The molecule has 2 aromatic carbocycles. The van der Waals surface area contributed by atoms with Gasteiger partial charge in [-0.2, -0.15) is 0 Å². The van der Waals surface area contributed by atoms with Crippen molar-refractivity contribution >= 4 is 11.7 Å². The monoisotopic (exact) mass is 341 g/mol. The van der Waals surface area contributed by atoms with Crippen LogP contribution in [0, 0.1) is 0 Å². The third kappa shape index (κ3) is 4.56. The van der Waals surface area contributed by atoms with Gasteiger partial charge in [0.15, 0.2) is 17.6 Å². The van der Waals surface area contributed by atoms with Gasteiger partial charge in [0.2, 0.25) is 0 Å². The third-order valence-corrected chi connectivity index (χ3v) is 3.96. The number of rotatable bonds is 5. The molecule has 1 aliphatic rings. The van der Waals surface area contributed by atoms with E-state index in [0.717, 1.165) is 17.0 Å². The molecule has 1 heterocycles. The number of fused-ring (bicyclic) bond motifs is 1. The Morgan fingerprint density at radius 3 is 2.52 bits per heavy atom. The Hall–Kier alpha value is -2.89. The van der Waals surface area contributed by atoms with Crippen molar-refractivity contribution in [1.29, 1.82) is 0 Å². The van der Waals surface area contributed by atoms with Crippen molar-refractivity contribution in [1.82, 2.24) is 10.6 Å². The molecule has 0 unspecified atom stereocenters. The number of para-hydroxylation sites is 2. The summed E-state index contributed by atoms with van der Waals surface area (Å²) in [6.07, 6.45) is -0.194. The number of anilines is 1. The predicted octanol–water partition coefficient (Wildman–Crippen LogP) is 2.39. The molecule has 0 bridgehead atoms. The Balaban J connectivity index is 1.41. The third-order valence-electron chi connectivity index (χ3n) is 3.96. The lowest BCUT2D eigenvalue weighted by atomic mass is 10.2. The van der Waals surface area contributed by atoms with E-state index in [1.54, 1.807) is 0 Å². The molecule has 0 aliphatic carbocycles. The van der Waals surface area contributed by atoms with Crippen molar-refractivity contribution < 1.29 is 14.3 Å². The van der Waals surface area contributed by atoms with Crippen molar-refractivity contribution in [2.24, 2.45) is 0 Å². The van der Waals surface area contributed by atoms with Crippen molar-refractivity contribution in [2.75, 3.05) is 32.1 Å². The van der Waals surface area contributed by atoms with E-state index < -0.39 is 0 Å². The van der Waals surface area contributed by atoms with Gasteiger partial charge in [-0.15, -0.1) is 0 Å². The van der Waals surface area contributed by atoms with E-state index in [0.29, 0.717) is 25.4 Å². The van der Waals surface area contributed by atoms with Crippen molar-refractivity contribution in [3.63, 3.8) is 0 Å². The van der Waals surface area contributed by atoms with Crippen LogP contribution in [0.4, 0.5) is 10.5 Å². The number of benzene rings is 2. The van der Waals surface area contributed by atoms with E-state index >= 15 is 0 Å². The van der Waals surface area contributed by atoms with Crippen LogP contribution in [0.15, 0.2) is 48.5 Å². The minimum atomic E-state index is -0.223. The molecule has 0 saturated heterocycles. The second kappa shape index (κ2) is 7.79. The molecule has 6 heteroatoms. The van der Waals surface area contributed by atoms with Gasteiger partial charge in [-0.1, -0.05) is 24.3 Å². The summed E-state index contributed by atoms with van der Waals surface area (Å²) >= 11 is 0. The summed E-state index contributed by atoms with van der Waals surface area (Å²) in [6, 6.07) is 15.4. The molecule has 0 spiro atoms. The van der Waals surface area contributed by atoms with Gasteiger partial charge in [0.25, 0.3) is 0 Å². The Morgan fingerprint density at radius 1 is 1.08 bits per heavy atom. The maximum Gasteiger partial charge on any atom is 0.315 e. The number of urea groups is 1. The quantitative estimate of drug-likeness (QED) is 0.877. The molecule has 2 N–H and O–H groups in total. The molecule has 25 heavy (non-hydrogen) atoms. The number of nitrogens with one attached hydrogen (secondary N) is 2. The molecule has 0 fully saturated rings. The number of carbonyl (C=O) groups is 1. The average Bonchev–Trinajstić information content (AvgIpc) is 2.65. The first kappa shape index (κ1) is 17.0. The minimum Gasteiger partial charge on any atom is -0.486 e. The number of ether oxygens (including phenoxy) is 2. The van der Waals surface area contributed by atoms with Gasteiger partial charge in [0.1, 0.15) is 6.61 Å². The standard InChI is InChI=1S/C19H23N3O3/c1-22(2)15-9-7-14(8-10-15)11-20-19(23)21-12-16-13-24-17-5-3-4-6-18(17)25-16/h3-10,16H,11-13H2,1-2H3,(H2,20,21,23)/t16-/m1/s1. The van der Waals surface area contributed by atoms with Crippen LogP contribution in [0.25, 0.3) is 0 Å². The van der Waals surface area contributed by atoms with Gasteiger partial charge in [0.05, 0.1) is 6.54 Å². The van der Waals surface area contributed by atoms with Gasteiger partial charge >= 0.3 is 6.03 Å².